The number of rotatable bonds is 9. The first kappa shape index (κ1) is 17.6. The molecule has 0 aliphatic carbocycles. The van der Waals surface area contributed by atoms with Crippen LogP contribution in [0, 0.1) is 0 Å². The third-order valence-electron chi connectivity index (χ3n) is 4.06. The molecule has 0 fully saturated rings. The van der Waals surface area contributed by atoms with E-state index >= 15 is 0 Å². The van der Waals surface area contributed by atoms with Gasteiger partial charge in [-0.05, 0) is 18.6 Å². The number of benzene rings is 1. The maximum atomic E-state index is 11.0. The van der Waals surface area contributed by atoms with Crippen molar-refractivity contribution in [3.8, 4) is 17.2 Å². The zero-order valence-electron chi connectivity index (χ0n) is 14.5. The minimum absolute atomic E-state index is 0.338. The Balaban J connectivity index is 1.77. The van der Waals surface area contributed by atoms with Gasteiger partial charge in [0.05, 0.1) is 0 Å². The van der Waals surface area contributed by atoms with Gasteiger partial charge in [0.15, 0.2) is 11.5 Å². The van der Waals surface area contributed by atoms with E-state index < -0.39 is 5.79 Å². The number of hydrogen-bond donors (Lipinski definition) is 0. The van der Waals surface area contributed by atoms with E-state index in [0.29, 0.717) is 17.2 Å². The summed E-state index contributed by atoms with van der Waals surface area (Å²) >= 11 is 0. The SMILES string of the molecule is CCCCCCCCCC1(C)Oc2ccc(OC(C)=O)cc2O1. The predicted octanol–water partition coefficient (Wildman–Crippen LogP) is 5.24. The standard InChI is InChI=1S/C19H28O4/c1-4-5-6-7-8-9-10-13-19(3)22-17-12-11-16(21-15(2)20)14-18(17)23-19/h11-12,14H,4-10,13H2,1-3H3. The highest BCUT2D eigenvalue weighted by Gasteiger charge is 2.36. The highest BCUT2D eigenvalue weighted by molar-refractivity contribution is 5.69. The molecule has 0 bridgehead atoms. The Morgan fingerprint density at radius 3 is 2.39 bits per heavy atom. The van der Waals surface area contributed by atoms with E-state index in [4.69, 9.17) is 14.2 Å². The number of ether oxygens (including phenoxy) is 3. The van der Waals surface area contributed by atoms with E-state index in [1.165, 1.54) is 45.4 Å². The van der Waals surface area contributed by atoms with Crippen LogP contribution in [0.15, 0.2) is 18.2 Å². The van der Waals surface area contributed by atoms with Gasteiger partial charge in [0, 0.05) is 26.3 Å². The van der Waals surface area contributed by atoms with Gasteiger partial charge in [0.1, 0.15) is 5.75 Å². The number of unbranched alkanes of at least 4 members (excludes halogenated alkanes) is 6. The summed E-state index contributed by atoms with van der Waals surface area (Å²) in [6.07, 6.45) is 9.72. The largest absolute Gasteiger partial charge is 0.449 e. The van der Waals surface area contributed by atoms with Gasteiger partial charge in [0.25, 0.3) is 0 Å². The fourth-order valence-corrected chi connectivity index (χ4v) is 2.87. The van der Waals surface area contributed by atoms with Crippen molar-refractivity contribution in [3.05, 3.63) is 18.2 Å². The molecule has 128 valence electrons. The van der Waals surface area contributed by atoms with Gasteiger partial charge in [0.2, 0.25) is 5.79 Å². The van der Waals surface area contributed by atoms with Crippen LogP contribution in [0.2, 0.25) is 0 Å². The zero-order chi connectivity index (χ0) is 16.7. The Bertz CT molecular complexity index is 526. The molecule has 4 nitrogen and oxygen atoms in total. The van der Waals surface area contributed by atoms with Crippen molar-refractivity contribution in [2.45, 2.75) is 77.9 Å². The van der Waals surface area contributed by atoms with Crippen LogP contribution in [-0.2, 0) is 4.79 Å². The van der Waals surface area contributed by atoms with Gasteiger partial charge in [-0.3, -0.25) is 4.79 Å². The molecule has 1 heterocycles. The predicted molar refractivity (Wildman–Crippen MR) is 90.0 cm³/mol. The van der Waals surface area contributed by atoms with Gasteiger partial charge in [-0.15, -0.1) is 0 Å². The molecule has 0 radical (unpaired) electrons. The number of carbonyl (C=O) groups is 1. The molecule has 23 heavy (non-hydrogen) atoms. The topological polar surface area (TPSA) is 44.8 Å². The first-order valence-corrected chi connectivity index (χ1v) is 8.73. The van der Waals surface area contributed by atoms with Crippen molar-refractivity contribution in [3.63, 3.8) is 0 Å². The van der Waals surface area contributed by atoms with Gasteiger partial charge < -0.3 is 14.2 Å². The van der Waals surface area contributed by atoms with Crippen molar-refractivity contribution in [1.82, 2.24) is 0 Å². The second-order valence-electron chi connectivity index (χ2n) is 6.41. The van der Waals surface area contributed by atoms with E-state index in [1.54, 1.807) is 18.2 Å². The molecule has 1 unspecified atom stereocenters. The fourth-order valence-electron chi connectivity index (χ4n) is 2.87. The maximum Gasteiger partial charge on any atom is 0.308 e. The molecule has 0 N–H and O–H groups in total. The van der Waals surface area contributed by atoms with Crippen LogP contribution in [0.4, 0.5) is 0 Å². The smallest absolute Gasteiger partial charge is 0.308 e. The molecule has 1 aromatic rings. The lowest BCUT2D eigenvalue weighted by atomic mass is 10.1. The molecular weight excluding hydrogens is 292 g/mol. The summed E-state index contributed by atoms with van der Waals surface area (Å²) in [5.41, 5.74) is 0. The fraction of sp³-hybridized carbons (Fsp3) is 0.632. The molecule has 1 aromatic carbocycles. The van der Waals surface area contributed by atoms with Crippen LogP contribution in [0.3, 0.4) is 0 Å². The normalized spacial score (nSPS) is 18.9. The third-order valence-corrected chi connectivity index (χ3v) is 4.06. The highest BCUT2D eigenvalue weighted by Crippen LogP contribution is 2.43. The minimum atomic E-state index is -0.611. The van der Waals surface area contributed by atoms with Crippen molar-refractivity contribution in [1.29, 1.82) is 0 Å². The van der Waals surface area contributed by atoms with Gasteiger partial charge in [-0.2, -0.15) is 0 Å². The second kappa shape index (κ2) is 8.23. The average Bonchev–Trinajstić information content (AvgIpc) is 2.81. The van der Waals surface area contributed by atoms with Crippen LogP contribution in [0.1, 0.15) is 72.1 Å². The van der Waals surface area contributed by atoms with Gasteiger partial charge >= 0.3 is 5.97 Å². The summed E-state index contributed by atoms with van der Waals surface area (Å²) in [6, 6.07) is 5.24. The molecule has 1 atom stereocenters. The molecule has 4 heteroatoms. The molecule has 0 saturated carbocycles. The minimum Gasteiger partial charge on any atom is -0.449 e. The Hall–Kier alpha value is -1.71. The van der Waals surface area contributed by atoms with Crippen LogP contribution in [-0.4, -0.2) is 11.8 Å². The number of carbonyl (C=O) groups excluding carboxylic acids is 1. The Kier molecular flexibility index (Phi) is 6.31. The van der Waals surface area contributed by atoms with Gasteiger partial charge in [-0.25, -0.2) is 0 Å². The molecule has 2 rings (SSSR count). The first-order chi connectivity index (χ1) is 11.0. The van der Waals surface area contributed by atoms with Crippen molar-refractivity contribution in [2.75, 3.05) is 0 Å². The van der Waals surface area contributed by atoms with Crippen LogP contribution in [0.25, 0.3) is 0 Å². The Morgan fingerprint density at radius 2 is 1.70 bits per heavy atom. The summed E-state index contributed by atoms with van der Waals surface area (Å²) in [5.74, 6) is 0.899. The van der Waals surface area contributed by atoms with Gasteiger partial charge in [-0.1, -0.05) is 45.4 Å². The average molecular weight is 320 g/mol. The summed E-state index contributed by atoms with van der Waals surface area (Å²) in [7, 11) is 0. The van der Waals surface area contributed by atoms with Crippen molar-refractivity contribution >= 4 is 5.97 Å². The lowest BCUT2D eigenvalue weighted by Gasteiger charge is -2.22. The van der Waals surface area contributed by atoms with E-state index in [9.17, 15) is 4.79 Å². The second-order valence-corrected chi connectivity index (χ2v) is 6.41. The summed E-state index contributed by atoms with van der Waals surface area (Å²) in [6.45, 7) is 5.59. The van der Waals surface area contributed by atoms with Crippen LogP contribution >= 0.6 is 0 Å². The van der Waals surface area contributed by atoms with Crippen molar-refractivity contribution in [2.24, 2.45) is 0 Å². The Labute approximate surface area is 139 Å². The van der Waals surface area contributed by atoms with Crippen molar-refractivity contribution < 1.29 is 19.0 Å². The number of hydrogen-bond acceptors (Lipinski definition) is 4. The zero-order valence-corrected chi connectivity index (χ0v) is 14.5. The molecular formula is C19H28O4. The Morgan fingerprint density at radius 1 is 1.04 bits per heavy atom. The number of fused-ring (bicyclic) bond motifs is 1. The third kappa shape index (κ3) is 5.45. The molecule has 1 aliphatic heterocycles. The monoisotopic (exact) mass is 320 g/mol. The molecule has 1 aliphatic rings. The number of esters is 1. The van der Waals surface area contributed by atoms with Crippen LogP contribution < -0.4 is 14.2 Å². The van der Waals surface area contributed by atoms with E-state index in [-0.39, 0.29) is 5.97 Å². The van der Waals surface area contributed by atoms with E-state index in [1.807, 2.05) is 6.92 Å². The van der Waals surface area contributed by atoms with E-state index in [0.717, 1.165) is 12.8 Å². The lowest BCUT2D eigenvalue weighted by molar-refractivity contribution is -0.131. The summed E-state index contributed by atoms with van der Waals surface area (Å²) in [4.78, 5) is 11.0. The summed E-state index contributed by atoms with van der Waals surface area (Å²) in [5, 5.41) is 0. The maximum absolute atomic E-state index is 11.0. The first-order valence-electron chi connectivity index (χ1n) is 8.73. The summed E-state index contributed by atoms with van der Waals surface area (Å²) < 4.78 is 17.0. The highest BCUT2D eigenvalue weighted by atomic mass is 16.7. The molecule has 0 aromatic heterocycles. The molecule has 0 spiro atoms. The lowest BCUT2D eigenvalue weighted by Crippen LogP contribution is -2.34. The van der Waals surface area contributed by atoms with Crippen LogP contribution in [0.5, 0.6) is 17.2 Å². The molecule has 0 saturated heterocycles. The van der Waals surface area contributed by atoms with E-state index in [2.05, 4.69) is 6.92 Å². The quantitative estimate of drug-likeness (QED) is 0.354. The molecule has 0 amide bonds.